The SMILES string of the molecule is CC/C=C/CCCCCc1cccc(OCC2CO2)c1. The molecule has 1 heterocycles. The van der Waals surface area contributed by atoms with Crippen LogP contribution in [-0.4, -0.2) is 19.3 Å². The maximum atomic E-state index is 5.71. The first-order valence-corrected chi connectivity index (χ1v) is 7.87. The smallest absolute Gasteiger partial charge is 0.119 e. The molecule has 0 bridgehead atoms. The third-order valence-corrected chi connectivity index (χ3v) is 3.48. The number of ether oxygens (including phenoxy) is 2. The van der Waals surface area contributed by atoms with E-state index in [1.165, 1.54) is 31.2 Å². The summed E-state index contributed by atoms with van der Waals surface area (Å²) in [4.78, 5) is 0. The largest absolute Gasteiger partial charge is 0.491 e. The predicted molar refractivity (Wildman–Crippen MR) is 83.3 cm³/mol. The first-order valence-electron chi connectivity index (χ1n) is 7.87. The Morgan fingerprint density at radius 1 is 1.25 bits per heavy atom. The second kappa shape index (κ2) is 8.80. The van der Waals surface area contributed by atoms with E-state index in [1.54, 1.807) is 0 Å². The molecule has 1 aromatic rings. The molecule has 1 fully saturated rings. The van der Waals surface area contributed by atoms with Crippen molar-refractivity contribution in [3.05, 3.63) is 42.0 Å². The Labute approximate surface area is 122 Å². The van der Waals surface area contributed by atoms with Gasteiger partial charge in [0.05, 0.1) is 6.61 Å². The molecule has 110 valence electrons. The molecule has 2 heteroatoms. The van der Waals surface area contributed by atoms with Crippen molar-refractivity contribution >= 4 is 0 Å². The minimum Gasteiger partial charge on any atom is -0.491 e. The van der Waals surface area contributed by atoms with Crippen molar-refractivity contribution < 1.29 is 9.47 Å². The third-order valence-electron chi connectivity index (χ3n) is 3.48. The van der Waals surface area contributed by atoms with Crippen LogP contribution in [0.15, 0.2) is 36.4 Å². The quantitative estimate of drug-likeness (QED) is 0.355. The number of hydrogen-bond donors (Lipinski definition) is 0. The van der Waals surface area contributed by atoms with Crippen LogP contribution in [0.2, 0.25) is 0 Å². The van der Waals surface area contributed by atoms with Crippen molar-refractivity contribution in [2.75, 3.05) is 13.2 Å². The van der Waals surface area contributed by atoms with Gasteiger partial charge in [-0.1, -0.05) is 37.6 Å². The van der Waals surface area contributed by atoms with Crippen LogP contribution in [0.4, 0.5) is 0 Å². The zero-order chi connectivity index (χ0) is 14.0. The summed E-state index contributed by atoms with van der Waals surface area (Å²) in [5.74, 6) is 0.976. The van der Waals surface area contributed by atoms with E-state index in [4.69, 9.17) is 9.47 Å². The lowest BCUT2D eigenvalue weighted by Crippen LogP contribution is -2.04. The van der Waals surface area contributed by atoms with E-state index >= 15 is 0 Å². The molecular formula is C18H26O2. The summed E-state index contributed by atoms with van der Waals surface area (Å²) in [6.07, 6.45) is 12.3. The van der Waals surface area contributed by atoms with E-state index in [1.807, 2.05) is 6.07 Å². The first kappa shape index (κ1) is 15.1. The highest BCUT2D eigenvalue weighted by molar-refractivity contribution is 5.28. The van der Waals surface area contributed by atoms with Gasteiger partial charge in [0, 0.05) is 0 Å². The molecule has 0 amide bonds. The lowest BCUT2D eigenvalue weighted by atomic mass is 10.1. The number of benzene rings is 1. The minimum absolute atomic E-state index is 0.329. The fraction of sp³-hybridized carbons (Fsp3) is 0.556. The van der Waals surface area contributed by atoms with Gasteiger partial charge >= 0.3 is 0 Å². The Hall–Kier alpha value is -1.28. The summed E-state index contributed by atoms with van der Waals surface area (Å²) in [7, 11) is 0. The molecule has 2 nitrogen and oxygen atoms in total. The van der Waals surface area contributed by atoms with Gasteiger partial charge < -0.3 is 9.47 Å². The average Bonchev–Trinajstić information content (AvgIpc) is 3.29. The Morgan fingerprint density at radius 2 is 2.15 bits per heavy atom. The highest BCUT2D eigenvalue weighted by atomic mass is 16.6. The molecule has 1 saturated heterocycles. The van der Waals surface area contributed by atoms with Crippen molar-refractivity contribution in [2.24, 2.45) is 0 Å². The van der Waals surface area contributed by atoms with Gasteiger partial charge in [0.1, 0.15) is 18.5 Å². The molecule has 20 heavy (non-hydrogen) atoms. The van der Waals surface area contributed by atoms with Crippen molar-refractivity contribution in [3.63, 3.8) is 0 Å². The van der Waals surface area contributed by atoms with E-state index in [9.17, 15) is 0 Å². The average molecular weight is 274 g/mol. The standard InChI is InChI=1S/C18H26O2/c1-2-3-4-5-6-7-8-10-16-11-9-12-17(13-16)19-14-18-15-20-18/h3-4,9,11-13,18H,2,5-8,10,14-15H2,1H3/b4-3+. The molecule has 0 aromatic heterocycles. The van der Waals surface area contributed by atoms with Crippen LogP contribution in [0.5, 0.6) is 5.75 Å². The molecule has 0 N–H and O–H groups in total. The molecule has 1 atom stereocenters. The van der Waals surface area contributed by atoms with Gasteiger partial charge in [-0.25, -0.2) is 0 Å². The van der Waals surface area contributed by atoms with Crippen LogP contribution in [-0.2, 0) is 11.2 Å². The number of aryl methyl sites for hydroxylation is 1. The Kier molecular flexibility index (Phi) is 6.65. The number of allylic oxidation sites excluding steroid dienone is 2. The topological polar surface area (TPSA) is 21.8 Å². The first-order chi connectivity index (χ1) is 9.88. The van der Waals surface area contributed by atoms with E-state index < -0.39 is 0 Å². The molecule has 1 unspecified atom stereocenters. The van der Waals surface area contributed by atoms with Crippen LogP contribution < -0.4 is 4.74 Å². The van der Waals surface area contributed by atoms with Gasteiger partial charge in [-0.3, -0.25) is 0 Å². The molecule has 0 radical (unpaired) electrons. The molecule has 0 saturated carbocycles. The van der Waals surface area contributed by atoms with Crippen molar-refractivity contribution in [1.82, 2.24) is 0 Å². The predicted octanol–water partition coefficient (Wildman–Crippen LogP) is 4.53. The third kappa shape index (κ3) is 6.25. The van der Waals surface area contributed by atoms with Gasteiger partial charge in [-0.05, 0) is 49.8 Å². The van der Waals surface area contributed by atoms with Crippen LogP contribution in [0.25, 0.3) is 0 Å². The maximum Gasteiger partial charge on any atom is 0.119 e. The molecule has 1 aliphatic rings. The van der Waals surface area contributed by atoms with Gasteiger partial charge in [-0.2, -0.15) is 0 Å². The molecular weight excluding hydrogens is 248 g/mol. The zero-order valence-electron chi connectivity index (χ0n) is 12.5. The summed E-state index contributed by atoms with van der Waals surface area (Å²) in [6, 6.07) is 8.47. The highest BCUT2D eigenvalue weighted by Gasteiger charge is 2.22. The van der Waals surface area contributed by atoms with Gasteiger partial charge in [0.15, 0.2) is 0 Å². The second-order valence-electron chi connectivity index (χ2n) is 5.39. The number of hydrogen-bond acceptors (Lipinski definition) is 2. The van der Waals surface area contributed by atoms with E-state index in [2.05, 4.69) is 37.3 Å². The van der Waals surface area contributed by atoms with Crippen LogP contribution >= 0.6 is 0 Å². The fourth-order valence-corrected chi connectivity index (χ4v) is 2.20. The van der Waals surface area contributed by atoms with Gasteiger partial charge in [-0.15, -0.1) is 0 Å². The molecule has 2 rings (SSSR count). The highest BCUT2D eigenvalue weighted by Crippen LogP contribution is 2.18. The zero-order valence-corrected chi connectivity index (χ0v) is 12.5. The minimum atomic E-state index is 0.329. The van der Waals surface area contributed by atoms with Crippen molar-refractivity contribution in [3.8, 4) is 5.75 Å². The lowest BCUT2D eigenvalue weighted by Gasteiger charge is -2.06. The Morgan fingerprint density at radius 3 is 2.95 bits per heavy atom. The normalized spacial score (nSPS) is 17.6. The van der Waals surface area contributed by atoms with Gasteiger partial charge in [0.25, 0.3) is 0 Å². The van der Waals surface area contributed by atoms with E-state index in [0.29, 0.717) is 12.7 Å². The Bertz CT molecular complexity index is 408. The summed E-state index contributed by atoms with van der Waals surface area (Å²) < 4.78 is 10.9. The monoisotopic (exact) mass is 274 g/mol. The molecule has 0 spiro atoms. The number of unbranched alkanes of at least 4 members (excludes halogenated alkanes) is 3. The van der Waals surface area contributed by atoms with Crippen LogP contribution in [0.3, 0.4) is 0 Å². The second-order valence-corrected chi connectivity index (χ2v) is 5.39. The summed E-state index contributed by atoms with van der Waals surface area (Å²) in [5, 5.41) is 0. The molecule has 1 aliphatic heterocycles. The molecule has 0 aliphatic carbocycles. The number of rotatable bonds is 10. The number of epoxide rings is 1. The van der Waals surface area contributed by atoms with Crippen LogP contribution in [0.1, 0.15) is 44.6 Å². The van der Waals surface area contributed by atoms with E-state index in [0.717, 1.165) is 25.2 Å². The summed E-state index contributed by atoms with van der Waals surface area (Å²) >= 11 is 0. The maximum absolute atomic E-state index is 5.71. The summed E-state index contributed by atoms with van der Waals surface area (Å²) in [5.41, 5.74) is 1.38. The van der Waals surface area contributed by atoms with Gasteiger partial charge in [0.2, 0.25) is 0 Å². The Balaban J connectivity index is 1.61. The summed E-state index contributed by atoms with van der Waals surface area (Å²) in [6.45, 7) is 3.72. The van der Waals surface area contributed by atoms with E-state index in [-0.39, 0.29) is 0 Å². The van der Waals surface area contributed by atoms with Crippen LogP contribution in [0, 0.1) is 0 Å². The lowest BCUT2D eigenvalue weighted by molar-refractivity contribution is 0.263. The molecule has 1 aromatic carbocycles. The van der Waals surface area contributed by atoms with Crippen molar-refractivity contribution in [1.29, 1.82) is 0 Å². The fourth-order valence-electron chi connectivity index (χ4n) is 2.20. The van der Waals surface area contributed by atoms with Crippen molar-refractivity contribution in [2.45, 2.75) is 51.6 Å².